The number of benzene rings is 1. The molecule has 0 aromatic heterocycles. The highest BCUT2D eigenvalue weighted by Crippen LogP contribution is 2.33. The van der Waals surface area contributed by atoms with E-state index >= 15 is 0 Å². The van der Waals surface area contributed by atoms with Crippen molar-refractivity contribution in [2.75, 3.05) is 6.54 Å². The van der Waals surface area contributed by atoms with E-state index in [1.807, 2.05) is 0 Å². The third-order valence-electron chi connectivity index (χ3n) is 2.70. The van der Waals surface area contributed by atoms with Crippen LogP contribution in [-0.2, 0) is 0 Å². The van der Waals surface area contributed by atoms with Crippen molar-refractivity contribution >= 4 is 11.6 Å². The minimum Gasteiger partial charge on any atom is -0.309 e. The summed E-state index contributed by atoms with van der Waals surface area (Å²) < 4.78 is 13.5. The number of halogens is 2. The van der Waals surface area contributed by atoms with Crippen molar-refractivity contribution in [2.45, 2.75) is 19.4 Å². The van der Waals surface area contributed by atoms with Crippen LogP contribution in [0.5, 0.6) is 0 Å². The Morgan fingerprint density at radius 2 is 2.29 bits per heavy atom. The molecule has 1 fully saturated rings. The standard InChI is InChI=1S/C11H13ClFN/c1-7-5-10(14-6-7)11-8(12)3-2-4-9(11)13/h2-4,7,10,14H,5-6H2,1H3/t7-,10-/m1/s1. The van der Waals surface area contributed by atoms with Gasteiger partial charge in [0.1, 0.15) is 5.82 Å². The molecule has 0 saturated carbocycles. The van der Waals surface area contributed by atoms with E-state index in [-0.39, 0.29) is 11.9 Å². The van der Waals surface area contributed by atoms with E-state index in [0.29, 0.717) is 16.5 Å². The molecule has 1 N–H and O–H groups in total. The Morgan fingerprint density at radius 3 is 2.86 bits per heavy atom. The summed E-state index contributed by atoms with van der Waals surface area (Å²) in [5, 5.41) is 3.80. The average molecular weight is 214 g/mol. The van der Waals surface area contributed by atoms with Crippen molar-refractivity contribution in [3.8, 4) is 0 Å². The molecular formula is C11H13ClFN. The number of nitrogens with one attached hydrogen (secondary N) is 1. The Labute approximate surface area is 88.3 Å². The van der Waals surface area contributed by atoms with Gasteiger partial charge in [-0.25, -0.2) is 4.39 Å². The Balaban J connectivity index is 2.31. The summed E-state index contributed by atoms with van der Waals surface area (Å²) >= 11 is 5.98. The maximum Gasteiger partial charge on any atom is 0.129 e. The molecule has 2 rings (SSSR count). The summed E-state index contributed by atoms with van der Waals surface area (Å²) in [7, 11) is 0. The first-order chi connectivity index (χ1) is 6.68. The smallest absolute Gasteiger partial charge is 0.129 e. The second-order valence-electron chi connectivity index (χ2n) is 3.94. The van der Waals surface area contributed by atoms with Gasteiger partial charge < -0.3 is 5.32 Å². The molecular weight excluding hydrogens is 201 g/mol. The molecule has 1 aliphatic rings. The van der Waals surface area contributed by atoms with Crippen LogP contribution < -0.4 is 5.32 Å². The molecule has 1 saturated heterocycles. The van der Waals surface area contributed by atoms with Crippen LogP contribution in [0.3, 0.4) is 0 Å². The van der Waals surface area contributed by atoms with Crippen molar-refractivity contribution in [1.29, 1.82) is 0 Å². The molecule has 0 unspecified atom stereocenters. The third-order valence-corrected chi connectivity index (χ3v) is 3.03. The molecule has 1 nitrogen and oxygen atoms in total. The van der Waals surface area contributed by atoms with Gasteiger partial charge in [0.25, 0.3) is 0 Å². The van der Waals surface area contributed by atoms with Crippen molar-refractivity contribution < 1.29 is 4.39 Å². The predicted octanol–water partition coefficient (Wildman–Crippen LogP) is 3.15. The maximum absolute atomic E-state index is 13.5. The largest absolute Gasteiger partial charge is 0.309 e. The molecule has 0 aliphatic carbocycles. The molecule has 1 aromatic carbocycles. The molecule has 0 amide bonds. The fourth-order valence-electron chi connectivity index (χ4n) is 1.98. The lowest BCUT2D eigenvalue weighted by molar-refractivity contribution is 0.550. The van der Waals surface area contributed by atoms with Crippen molar-refractivity contribution in [3.05, 3.63) is 34.6 Å². The Morgan fingerprint density at radius 1 is 1.50 bits per heavy atom. The first kappa shape index (κ1) is 9.94. The van der Waals surface area contributed by atoms with Gasteiger partial charge in [0.05, 0.1) is 0 Å². The maximum atomic E-state index is 13.5. The van der Waals surface area contributed by atoms with Crippen molar-refractivity contribution in [2.24, 2.45) is 5.92 Å². The van der Waals surface area contributed by atoms with Gasteiger partial charge in [-0.3, -0.25) is 0 Å². The summed E-state index contributed by atoms with van der Waals surface area (Å²) in [5.41, 5.74) is 0.624. The van der Waals surface area contributed by atoms with E-state index in [1.165, 1.54) is 6.07 Å². The van der Waals surface area contributed by atoms with Crippen LogP contribution in [-0.4, -0.2) is 6.54 Å². The van der Waals surface area contributed by atoms with E-state index in [1.54, 1.807) is 12.1 Å². The highest BCUT2D eigenvalue weighted by Gasteiger charge is 2.25. The molecule has 2 atom stereocenters. The fraction of sp³-hybridized carbons (Fsp3) is 0.455. The van der Waals surface area contributed by atoms with Gasteiger partial charge in [0.2, 0.25) is 0 Å². The Kier molecular flexibility index (Phi) is 2.75. The molecule has 0 bridgehead atoms. The average Bonchev–Trinajstić information content (AvgIpc) is 2.51. The SMILES string of the molecule is C[C@H]1CN[C@@H](c2c(F)cccc2Cl)C1. The summed E-state index contributed by atoms with van der Waals surface area (Å²) in [5.74, 6) is 0.389. The molecule has 1 heterocycles. The van der Waals surface area contributed by atoms with Gasteiger partial charge in [-0.05, 0) is 31.0 Å². The summed E-state index contributed by atoms with van der Waals surface area (Å²) in [6.45, 7) is 3.09. The predicted molar refractivity (Wildman–Crippen MR) is 55.9 cm³/mol. The van der Waals surface area contributed by atoms with Crippen molar-refractivity contribution in [3.63, 3.8) is 0 Å². The molecule has 76 valence electrons. The van der Waals surface area contributed by atoms with Gasteiger partial charge >= 0.3 is 0 Å². The van der Waals surface area contributed by atoms with Gasteiger partial charge in [0, 0.05) is 16.6 Å². The molecule has 3 heteroatoms. The van der Waals surface area contributed by atoms with Crippen LogP contribution in [0.4, 0.5) is 4.39 Å². The molecule has 1 aromatic rings. The summed E-state index contributed by atoms with van der Waals surface area (Å²) in [6.07, 6.45) is 0.959. The van der Waals surface area contributed by atoms with Crippen LogP contribution in [0.25, 0.3) is 0 Å². The lowest BCUT2D eigenvalue weighted by Gasteiger charge is -2.13. The van der Waals surface area contributed by atoms with Gasteiger partial charge in [-0.1, -0.05) is 24.6 Å². The minimum atomic E-state index is -0.205. The van der Waals surface area contributed by atoms with Gasteiger partial charge in [-0.2, -0.15) is 0 Å². The number of hydrogen-bond donors (Lipinski definition) is 1. The number of rotatable bonds is 1. The lowest BCUT2D eigenvalue weighted by atomic mass is 10.0. The zero-order chi connectivity index (χ0) is 10.1. The molecule has 14 heavy (non-hydrogen) atoms. The van der Waals surface area contributed by atoms with Crippen LogP contribution in [0.1, 0.15) is 24.9 Å². The van der Waals surface area contributed by atoms with Crippen LogP contribution in [0.15, 0.2) is 18.2 Å². The van der Waals surface area contributed by atoms with Crippen LogP contribution in [0, 0.1) is 11.7 Å². The quantitative estimate of drug-likeness (QED) is 0.756. The lowest BCUT2D eigenvalue weighted by Crippen LogP contribution is -2.15. The van der Waals surface area contributed by atoms with Gasteiger partial charge in [0.15, 0.2) is 0 Å². The fourth-order valence-corrected chi connectivity index (χ4v) is 2.27. The third kappa shape index (κ3) is 1.77. The van der Waals surface area contributed by atoms with E-state index in [4.69, 9.17) is 11.6 Å². The van der Waals surface area contributed by atoms with Crippen LogP contribution >= 0.6 is 11.6 Å². The van der Waals surface area contributed by atoms with E-state index in [9.17, 15) is 4.39 Å². The Bertz CT molecular complexity index is 320. The van der Waals surface area contributed by atoms with E-state index in [2.05, 4.69) is 12.2 Å². The van der Waals surface area contributed by atoms with Gasteiger partial charge in [-0.15, -0.1) is 0 Å². The molecule has 0 radical (unpaired) electrons. The first-order valence-corrected chi connectivity index (χ1v) is 5.23. The Hall–Kier alpha value is -0.600. The van der Waals surface area contributed by atoms with Crippen LogP contribution in [0.2, 0.25) is 5.02 Å². The topological polar surface area (TPSA) is 12.0 Å². The normalized spacial score (nSPS) is 26.8. The zero-order valence-electron chi connectivity index (χ0n) is 8.06. The number of hydrogen-bond acceptors (Lipinski definition) is 1. The minimum absolute atomic E-state index is 0.0821. The summed E-state index contributed by atoms with van der Waals surface area (Å²) in [4.78, 5) is 0. The first-order valence-electron chi connectivity index (χ1n) is 4.85. The zero-order valence-corrected chi connectivity index (χ0v) is 8.81. The monoisotopic (exact) mass is 213 g/mol. The van der Waals surface area contributed by atoms with E-state index < -0.39 is 0 Å². The van der Waals surface area contributed by atoms with E-state index in [0.717, 1.165) is 13.0 Å². The molecule has 0 spiro atoms. The summed E-state index contributed by atoms with van der Waals surface area (Å²) in [6, 6.07) is 4.93. The molecule has 1 aliphatic heterocycles. The highest BCUT2D eigenvalue weighted by atomic mass is 35.5. The highest BCUT2D eigenvalue weighted by molar-refractivity contribution is 6.31. The second-order valence-corrected chi connectivity index (χ2v) is 4.34. The second kappa shape index (κ2) is 3.87. The van der Waals surface area contributed by atoms with Crippen molar-refractivity contribution in [1.82, 2.24) is 5.32 Å².